The lowest BCUT2D eigenvalue weighted by atomic mass is 9.85. The van der Waals surface area contributed by atoms with Crippen molar-refractivity contribution in [3.63, 3.8) is 0 Å². The second-order valence-corrected chi connectivity index (χ2v) is 5.91. The van der Waals surface area contributed by atoms with Gasteiger partial charge < -0.3 is 15.2 Å². The standard InChI is InChI=1S/C15H21NO2/c1-15(8-10-3-4-10)9-13(16)12-7-11(17-2)5-6-14(12)18-15/h5-7,10,13H,3-4,8-9,16H2,1-2H3. The quantitative estimate of drug-likeness (QED) is 0.893. The molecule has 1 aromatic carbocycles. The van der Waals surface area contributed by atoms with Crippen molar-refractivity contribution >= 4 is 0 Å². The summed E-state index contributed by atoms with van der Waals surface area (Å²) in [7, 11) is 1.67. The third-order valence-corrected chi connectivity index (χ3v) is 4.04. The number of nitrogens with two attached hydrogens (primary N) is 1. The van der Waals surface area contributed by atoms with E-state index in [2.05, 4.69) is 6.92 Å². The van der Waals surface area contributed by atoms with Gasteiger partial charge in [-0.3, -0.25) is 0 Å². The Kier molecular flexibility index (Phi) is 2.74. The number of benzene rings is 1. The molecule has 3 heteroatoms. The maximum atomic E-state index is 6.31. The Morgan fingerprint density at radius 1 is 1.44 bits per heavy atom. The first kappa shape index (κ1) is 11.8. The van der Waals surface area contributed by atoms with Crippen LogP contribution in [0.25, 0.3) is 0 Å². The molecule has 1 heterocycles. The Balaban J connectivity index is 1.87. The molecule has 0 amide bonds. The molecule has 1 saturated carbocycles. The number of ether oxygens (including phenoxy) is 2. The maximum absolute atomic E-state index is 6.31. The largest absolute Gasteiger partial charge is 0.497 e. The third-order valence-electron chi connectivity index (χ3n) is 4.04. The second-order valence-electron chi connectivity index (χ2n) is 5.91. The van der Waals surface area contributed by atoms with E-state index in [1.807, 2.05) is 18.2 Å². The van der Waals surface area contributed by atoms with E-state index < -0.39 is 0 Å². The highest BCUT2D eigenvalue weighted by Gasteiger charge is 2.40. The first-order valence-electron chi connectivity index (χ1n) is 6.72. The number of hydrogen-bond acceptors (Lipinski definition) is 3. The summed E-state index contributed by atoms with van der Waals surface area (Å²) in [4.78, 5) is 0. The monoisotopic (exact) mass is 247 g/mol. The van der Waals surface area contributed by atoms with Gasteiger partial charge in [0.1, 0.15) is 17.1 Å². The van der Waals surface area contributed by atoms with E-state index in [0.29, 0.717) is 0 Å². The summed E-state index contributed by atoms with van der Waals surface area (Å²) in [5.74, 6) is 2.62. The molecule has 2 N–H and O–H groups in total. The summed E-state index contributed by atoms with van der Waals surface area (Å²) >= 11 is 0. The van der Waals surface area contributed by atoms with Crippen LogP contribution in [-0.2, 0) is 0 Å². The van der Waals surface area contributed by atoms with Crippen LogP contribution in [0.5, 0.6) is 11.5 Å². The van der Waals surface area contributed by atoms with Crippen LogP contribution >= 0.6 is 0 Å². The minimum Gasteiger partial charge on any atom is -0.497 e. The van der Waals surface area contributed by atoms with E-state index >= 15 is 0 Å². The van der Waals surface area contributed by atoms with Crippen LogP contribution in [0.4, 0.5) is 0 Å². The highest BCUT2D eigenvalue weighted by Crippen LogP contribution is 2.46. The van der Waals surface area contributed by atoms with E-state index in [9.17, 15) is 0 Å². The predicted octanol–water partition coefficient (Wildman–Crippen LogP) is 3.04. The Morgan fingerprint density at radius 3 is 2.89 bits per heavy atom. The molecule has 2 unspecified atom stereocenters. The molecule has 0 bridgehead atoms. The van der Waals surface area contributed by atoms with Crippen LogP contribution in [-0.4, -0.2) is 12.7 Å². The minimum absolute atomic E-state index is 0.0487. The molecule has 3 nitrogen and oxygen atoms in total. The second kappa shape index (κ2) is 4.16. The summed E-state index contributed by atoms with van der Waals surface area (Å²) in [6.45, 7) is 2.19. The number of rotatable bonds is 3. The van der Waals surface area contributed by atoms with Gasteiger partial charge in [0, 0.05) is 18.0 Å². The van der Waals surface area contributed by atoms with Gasteiger partial charge in [-0.05, 0) is 37.5 Å². The Morgan fingerprint density at radius 2 is 2.22 bits per heavy atom. The highest BCUT2D eigenvalue weighted by molar-refractivity contribution is 5.44. The van der Waals surface area contributed by atoms with Gasteiger partial charge in [-0.15, -0.1) is 0 Å². The van der Waals surface area contributed by atoms with E-state index in [-0.39, 0.29) is 11.6 Å². The molecule has 18 heavy (non-hydrogen) atoms. The molecule has 0 radical (unpaired) electrons. The number of methoxy groups -OCH3 is 1. The average Bonchev–Trinajstić information content (AvgIpc) is 3.12. The molecule has 3 rings (SSSR count). The molecule has 1 aliphatic heterocycles. The lowest BCUT2D eigenvalue weighted by Crippen LogP contribution is -2.40. The fourth-order valence-corrected chi connectivity index (χ4v) is 2.98. The molecule has 98 valence electrons. The van der Waals surface area contributed by atoms with Crippen LogP contribution in [0.15, 0.2) is 18.2 Å². The van der Waals surface area contributed by atoms with Gasteiger partial charge in [-0.1, -0.05) is 12.8 Å². The molecule has 2 aliphatic rings. The van der Waals surface area contributed by atoms with Crippen LogP contribution in [0.1, 0.15) is 44.2 Å². The Bertz CT molecular complexity index is 456. The van der Waals surface area contributed by atoms with Crippen LogP contribution in [0.3, 0.4) is 0 Å². The topological polar surface area (TPSA) is 44.5 Å². The smallest absolute Gasteiger partial charge is 0.125 e. The van der Waals surface area contributed by atoms with E-state index in [1.165, 1.54) is 12.8 Å². The highest BCUT2D eigenvalue weighted by atomic mass is 16.5. The molecular weight excluding hydrogens is 226 g/mol. The first-order valence-corrected chi connectivity index (χ1v) is 6.72. The Hall–Kier alpha value is -1.22. The molecule has 1 fully saturated rings. The maximum Gasteiger partial charge on any atom is 0.125 e. The summed E-state index contributed by atoms with van der Waals surface area (Å²) in [6.07, 6.45) is 4.73. The lowest BCUT2D eigenvalue weighted by molar-refractivity contribution is 0.0401. The molecular formula is C15H21NO2. The fraction of sp³-hybridized carbons (Fsp3) is 0.600. The first-order chi connectivity index (χ1) is 8.59. The van der Waals surface area contributed by atoms with Gasteiger partial charge in [0.15, 0.2) is 0 Å². The van der Waals surface area contributed by atoms with Gasteiger partial charge in [0.05, 0.1) is 7.11 Å². The zero-order chi connectivity index (χ0) is 12.8. The zero-order valence-electron chi connectivity index (χ0n) is 11.1. The predicted molar refractivity (Wildman–Crippen MR) is 70.9 cm³/mol. The molecule has 0 aromatic heterocycles. The van der Waals surface area contributed by atoms with E-state index in [0.717, 1.165) is 35.8 Å². The van der Waals surface area contributed by atoms with Crippen LogP contribution in [0, 0.1) is 5.92 Å². The van der Waals surface area contributed by atoms with Crippen molar-refractivity contribution in [2.45, 2.75) is 44.2 Å². The Labute approximate surface area is 108 Å². The summed E-state index contributed by atoms with van der Waals surface area (Å²) < 4.78 is 11.4. The van der Waals surface area contributed by atoms with Crippen molar-refractivity contribution in [1.82, 2.24) is 0 Å². The number of hydrogen-bond donors (Lipinski definition) is 1. The van der Waals surface area contributed by atoms with E-state index in [1.54, 1.807) is 7.11 Å². The average molecular weight is 247 g/mol. The molecule has 0 saturated heterocycles. The van der Waals surface area contributed by atoms with Crippen molar-refractivity contribution in [3.8, 4) is 11.5 Å². The van der Waals surface area contributed by atoms with Gasteiger partial charge >= 0.3 is 0 Å². The SMILES string of the molecule is COc1ccc2c(c1)C(N)CC(C)(CC1CC1)O2. The zero-order valence-corrected chi connectivity index (χ0v) is 11.1. The van der Waals surface area contributed by atoms with Crippen molar-refractivity contribution in [2.75, 3.05) is 7.11 Å². The summed E-state index contributed by atoms with van der Waals surface area (Å²) in [5, 5.41) is 0. The van der Waals surface area contributed by atoms with Crippen molar-refractivity contribution < 1.29 is 9.47 Å². The normalized spacial score (nSPS) is 30.5. The third kappa shape index (κ3) is 2.19. The van der Waals surface area contributed by atoms with Gasteiger partial charge in [-0.25, -0.2) is 0 Å². The van der Waals surface area contributed by atoms with Crippen molar-refractivity contribution in [2.24, 2.45) is 11.7 Å². The number of fused-ring (bicyclic) bond motifs is 1. The summed E-state index contributed by atoms with van der Waals surface area (Å²) in [6, 6.07) is 5.97. The lowest BCUT2D eigenvalue weighted by Gasteiger charge is -2.39. The van der Waals surface area contributed by atoms with E-state index in [4.69, 9.17) is 15.2 Å². The van der Waals surface area contributed by atoms with Crippen LogP contribution in [0.2, 0.25) is 0 Å². The molecule has 0 spiro atoms. The van der Waals surface area contributed by atoms with Crippen LogP contribution < -0.4 is 15.2 Å². The van der Waals surface area contributed by atoms with Gasteiger partial charge in [-0.2, -0.15) is 0 Å². The van der Waals surface area contributed by atoms with Crippen molar-refractivity contribution in [3.05, 3.63) is 23.8 Å². The van der Waals surface area contributed by atoms with Gasteiger partial charge in [0.2, 0.25) is 0 Å². The molecule has 1 aromatic rings. The molecule has 2 atom stereocenters. The minimum atomic E-state index is -0.0951. The fourth-order valence-electron chi connectivity index (χ4n) is 2.98. The molecule has 1 aliphatic carbocycles. The summed E-state index contributed by atoms with van der Waals surface area (Å²) in [5.41, 5.74) is 7.28. The van der Waals surface area contributed by atoms with Crippen molar-refractivity contribution in [1.29, 1.82) is 0 Å². The van der Waals surface area contributed by atoms with Gasteiger partial charge in [0.25, 0.3) is 0 Å².